The first-order valence-electron chi connectivity index (χ1n) is 6.05. The van der Waals surface area contributed by atoms with Crippen LogP contribution in [0.4, 0.5) is 5.82 Å². The molecule has 0 unspecified atom stereocenters. The van der Waals surface area contributed by atoms with E-state index in [4.69, 9.17) is 5.73 Å². The summed E-state index contributed by atoms with van der Waals surface area (Å²) in [5.74, 6) is 0.747. The number of anilines is 1. The third kappa shape index (κ3) is 2.64. The van der Waals surface area contributed by atoms with E-state index in [0.29, 0.717) is 12.2 Å². The molecule has 17 heavy (non-hydrogen) atoms. The first kappa shape index (κ1) is 12.0. The lowest BCUT2D eigenvalue weighted by Crippen LogP contribution is -2.40. The predicted octanol–water partition coefficient (Wildman–Crippen LogP) is 1.17. The van der Waals surface area contributed by atoms with E-state index in [9.17, 15) is 4.79 Å². The van der Waals surface area contributed by atoms with E-state index in [-0.39, 0.29) is 11.2 Å². The van der Waals surface area contributed by atoms with Crippen LogP contribution in [0.5, 0.6) is 0 Å². The zero-order chi connectivity index (χ0) is 12.3. The normalized spacial score (nSPS) is 18.9. The van der Waals surface area contributed by atoms with Crippen LogP contribution in [-0.4, -0.2) is 23.9 Å². The maximum atomic E-state index is 12.3. The number of carbonyl (C=O) groups is 1. The minimum absolute atomic E-state index is 0.201. The molecule has 0 amide bonds. The molecule has 0 radical (unpaired) electrons. The number of aromatic nitrogens is 1. The van der Waals surface area contributed by atoms with Crippen molar-refractivity contribution in [1.82, 2.24) is 10.3 Å². The molecule has 92 valence electrons. The number of rotatable bonds is 3. The Morgan fingerprint density at radius 1 is 1.53 bits per heavy atom. The Labute approximate surface area is 102 Å². The van der Waals surface area contributed by atoms with Gasteiger partial charge < -0.3 is 11.1 Å². The number of carbonyl (C=O) groups excluding carboxylic acids is 1. The molecule has 4 heteroatoms. The van der Waals surface area contributed by atoms with E-state index in [1.54, 1.807) is 6.20 Å². The Hall–Kier alpha value is -1.42. The number of hydrogen-bond donors (Lipinski definition) is 2. The van der Waals surface area contributed by atoms with E-state index in [1.807, 2.05) is 12.1 Å². The zero-order valence-electron chi connectivity index (χ0n) is 10.2. The smallest absolute Gasteiger partial charge is 0.143 e. The largest absolute Gasteiger partial charge is 0.383 e. The summed E-state index contributed by atoms with van der Waals surface area (Å²) in [6.45, 7) is 3.90. The highest BCUT2D eigenvalue weighted by molar-refractivity contribution is 5.87. The SMILES string of the molecule is CC1(C(=O)Cc2cccnc2N)CCNCC1. The first-order valence-corrected chi connectivity index (χ1v) is 6.05. The summed E-state index contributed by atoms with van der Waals surface area (Å²) in [7, 11) is 0. The fourth-order valence-corrected chi connectivity index (χ4v) is 2.24. The number of hydrogen-bond acceptors (Lipinski definition) is 4. The molecule has 1 saturated heterocycles. The third-order valence-electron chi connectivity index (χ3n) is 3.66. The minimum atomic E-state index is -0.201. The summed E-state index contributed by atoms with van der Waals surface area (Å²) in [5.41, 5.74) is 6.41. The molecule has 0 bridgehead atoms. The Morgan fingerprint density at radius 3 is 2.88 bits per heavy atom. The van der Waals surface area contributed by atoms with E-state index < -0.39 is 0 Å². The average Bonchev–Trinajstić information content (AvgIpc) is 2.33. The molecular formula is C13H19N3O. The molecule has 1 aliphatic heterocycles. The van der Waals surface area contributed by atoms with Gasteiger partial charge in [0.1, 0.15) is 11.6 Å². The summed E-state index contributed by atoms with van der Waals surface area (Å²) >= 11 is 0. The molecule has 1 aromatic heterocycles. The summed E-state index contributed by atoms with van der Waals surface area (Å²) in [6, 6.07) is 3.70. The van der Waals surface area contributed by atoms with Gasteiger partial charge in [0, 0.05) is 23.6 Å². The number of nitrogen functional groups attached to an aromatic ring is 1. The van der Waals surface area contributed by atoms with Crippen LogP contribution in [0, 0.1) is 5.41 Å². The van der Waals surface area contributed by atoms with Crippen LogP contribution in [-0.2, 0) is 11.2 Å². The van der Waals surface area contributed by atoms with E-state index in [0.717, 1.165) is 31.5 Å². The fourth-order valence-electron chi connectivity index (χ4n) is 2.24. The summed E-state index contributed by atoms with van der Waals surface area (Å²) < 4.78 is 0. The van der Waals surface area contributed by atoms with E-state index >= 15 is 0 Å². The molecule has 1 aliphatic rings. The first-order chi connectivity index (χ1) is 8.12. The Morgan fingerprint density at radius 2 is 2.24 bits per heavy atom. The van der Waals surface area contributed by atoms with E-state index in [2.05, 4.69) is 17.2 Å². The predicted molar refractivity (Wildman–Crippen MR) is 67.6 cm³/mol. The number of Topliss-reactive ketones (excluding diaryl/α,β-unsaturated/α-hetero) is 1. The molecule has 3 N–H and O–H groups in total. The Bertz CT molecular complexity index is 411. The van der Waals surface area contributed by atoms with Crippen LogP contribution in [0.25, 0.3) is 0 Å². The molecule has 0 aromatic carbocycles. The molecule has 0 spiro atoms. The van der Waals surface area contributed by atoms with Crippen molar-refractivity contribution in [3.8, 4) is 0 Å². The molecule has 2 rings (SSSR count). The van der Waals surface area contributed by atoms with Crippen LogP contribution < -0.4 is 11.1 Å². The number of pyridine rings is 1. The van der Waals surface area contributed by atoms with Crippen LogP contribution in [0.2, 0.25) is 0 Å². The highest BCUT2D eigenvalue weighted by Gasteiger charge is 2.34. The number of ketones is 1. The fraction of sp³-hybridized carbons (Fsp3) is 0.538. The Kier molecular flexibility index (Phi) is 3.43. The van der Waals surface area contributed by atoms with Crippen LogP contribution in [0.1, 0.15) is 25.3 Å². The second kappa shape index (κ2) is 4.84. The van der Waals surface area contributed by atoms with Gasteiger partial charge in [-0.3, -0.25) is 4.79 Å². The number of nitrogens with zero attached hydrogens (tertiary/aromatic N) is 1. The van der Waals surface area contributed by atoms with Crippen molar-refractivity contribution in [2.45, 2.75) is 26.2 Å². The highest BCUT2D eigenvalue weighted by Crippen LogP contribution is 2.30. The standard InChI is InChI=1S/C13H19N3O/c1-13(4-7-15-8-5-13)11(17)9-10-3-2-6-16-12(10)14/h2-3,6,15H,4-5,7-9H2,1H3,(H2,14,16). The van der Waals surface area contributed by atoms with Gasteiger partial charge in [-0.05, 0) is 32.0 Å². The summed E-state index contributed by atoms with van der Waals surface area (Å²) in [5, 5.41) is 3.28. The molecule has 1 aromatic rings. The minimum Gasteiger partial charge on any atom is -0.383 e. The van der Waals surface area contributed by atoms with Gasteiger partial charge in [-0.2, -0.15) is 0 Å². The zero-order valence-corrected chi connectivity index (χ0v) is 10.2. The van der Waals surface area contributed by atoms with Gasteiger partial charge >= 0.3 is 0 Å². The van der Waals surface area contributed by atoms with Gasteiger partial charge in [-0.15, -0.1) is 0 Å². The van der Waals surface area contributed by atoms with Crippen LogP contribution in [0.15, 0.2) is 18.3 Å². The second-order valence-corrected chi connectivity index (χ2v) is 4.96. The van der Waals surface area contributed by atoms with Gasteiger partial charge in [0.25, 0.3) is 0 Å². The quantitative estimate of drug-likeness (QED) is 0.822. The molecule has 4 nitrogen and oxygen atoms in total. The molecule has 0 saturated carbocycles. The number of nitrogens with two attached hydrogens (primary N) is 1. The van der Waals surface area contributed by atoms with Gasteiger partial charge in [0.05, 0.1) is 0 Å². The second-order valence-electron chi connectivity index (χ2n) is 4.96. The van der Waals surface area contributed by atoms with Crippen molar-refractivity contribution in [1.29, 1.82) is 0 Å². The lowest BCUT2D eigenvalue weighted by molar-refractivity contribution is -0.128. The molecule has 1 fully saturated rings. The highest BCUT2D eigenvalue weighted by atomic mass is 16.1. The maximum Gasteiger partial charge on any atom is 0.143 e. The number of piperidine rings is 1. The van der Waals surface area contributed by atoms with E-state index in [1.165, 1.54) is 0 Å². The van der Waals surface area contributed by atoms with Crippen molar-refractivity contribution in [3.63, 3.8) is 0 Å². The molecule has 2 heterocycles. The van der Waals surface area contributed by atoms with Crippen molar-refractivity contribution in [2.24, 2.45) is 5.41 Å². The van der Waals surface area contributed by atoms with Crippen molar-refractivity contribution in [2.75, 3.05) is 18.8 Å². The lowest BCUT2D eigenvalue weighted by Gasteiger charge is -2.32. The van der Waals surface area contributed by atoms with Crippen molar-refractivity contribution >= 4 is 11.6 Å². The monoisotopic (exact) mass is 233 g/mol. The van der Waals surface area contributed by atoms with Crippen LogP contribution >= 0.6 is 0 Å². The summed E-state index contributed by atoms with van der Waals surface area (Å²) in [6.07, 6.45) is 3.86. The third-order valence-corrected chi connectivity index (χ3v) is 3.66. The molecule has 0 aliphatic carbocycles. The van der Waals surface area contributed by atoms with Crippen LogP contribution in [0.3, 0.4) is 0 Å². The van der Waals surface area contributed by atoms with Gasteiger partial charge in [0.2, 0.25) is 0 Å². The topological polar surface area (TPSA) is 68.0 Å². The maximum absolute atomic E-state index is 12.3. The molecule has 0 atom stereocenters. The van der Waals surface area contributed by atoms with Crippen molar-refractivity contribution < 1.29 is 4.79 Å². The Balaban J connectivity index is 2.08. The van der Waals surface area contributed by atoms with Gasteiger partial charge in [-0.1, -0.05) is 13.0 Å². The van der Waals surface area contributed by atoms with Gasteiger partial charge in [-0.25, -0.2) is 4.98 Å². The average molecular weight is 233 g/mol. The van der Waals surface area contributed by atoms with Crippen molar-refractivity contribution in [3.05, 3.63) is 23.9 Å². The molecular weight excluding hydrogens is 214 g/mol. The summed E-state index contributed by atoms with van der Waals surface area (Å²) in [4.78, 5) is 16.3. The lowest BCUT2D eigenvalue weighted by atomic mass is 9.75. The van der Waals surface area contributed by atoms with Gasteiger partial charge in [0.15, 0.2) is 0 Å². The number of nitrogens with one attached hydrogen (secondary N) is 1.